The molecule has 0 spiro atoms. The number of nitrogens with zero attached hydrogens (tertiary/aromatic N) is 1. The number of halogens is 2. The normalized spacial score (nSPS) is 15.5. The first kappa shape index (κ1) is 20.6. The lowest BCUT2D eigenvalue weighted by Crippen LogP contribution is -2.31. The summed E-state index contributed by atoms with van der Waals surface area (Å²) in [5, 5.41) is -0.336. The molecule has 1 aliphatic heterocycles. The van der Waals surface area contributed by atoms with Crippen LogP contribution in [-0.4, -0.2) is 36.3 Å². The standard InChI is InChI=1S/C20H17BrFNO4S/c1-26-9-8-23-19(24)18(28-20(23)25)11-14-10-15(21)6-7-17(14)27-12-13-4-2-3-5-16(13)22/h2-7,10-11H,8-9,12H2,1H3/b18-11+. The Morgan fingerprint density at radius 2 is 2.00 bits per heavy atom. The van der Waals surface area contributed by atoms with Gasteiger partial charge in [0.25, 0.3) is 11.1 Å². The van der Waals surface area contributed by atoms with E-state index in [4.69, 9.17) is 9.47 Å². The summed E-state index contributed by atoms with van der Waals surface area (Å²) in [6, 6.07) is 11.7. The van der Waals surface area contributed by atoms with Crippen molar-refractivity contribution in [2.45, 2.75) is 6.61 Å². The lowest BCUT2D eigenvalue weighted by Gasteiger charge is -2.12. The highest BCUT2D eigenvalue weighted by atomic mass is 79.9. The van der Waals surface area contributed by atoms with Crippen molar-refractivity contribution >= 4 is 44.9 Å². The molecule has 3 rings (SSSR count). The number of ether oxygens (including phenoxy) is 2. The van der Waals surface area contributed by atoms with Crippen LogP contribution in [0.3, 0.4) is 0 Å². The maximum Gasteiger partial charge on any atom is 0.293 e. The minimum atomic E-state index is -0.368. The molecule has 0 atom stereocenters. The smallest absolute Gasteiger partial charge is 0.293 e. The largest absolute Gasteiger partial charge is 0.488 e. The molecule has 0 N–H and O–H groups in total. The molecule has 1 fully saturated rings. The molecular weight excluding hydrogens is 449 g/mol. The molecule has 0 unspecified atom stereocenters. The average molecular weight is 466 g/mol. The van der Waals surface area contributed by atoms with Crippen LogP contribution in [-0.2, 0) is 16.1 Å². The number of methoxy groups -OCH3 is 1. The van der Waals surface area contributed by atoms with Crippen LogP contribution in [0.2, 0.25) is 0 Å². The maximum atomic E-state index is 13.8. The molecule has 0 radical (unpaired) electrons. The number of amides is 2. The highest BCUT2D eigenvalue weighted by Gasteiger charge is 2.34. The third kappa shape index (κ3) is 4.81. The SMILES string of the molecule is COCCN1C(=O)S/C(=C/c2cc(Br)ccc2OCc2ccccc2F)C1=O. The molecule has 1 aliphatic rings. The van der Waals surface area contributed by atoms with E-state index in [-0.39, 0.29) is 36.7 Å². The highest BCUT2D eigenvalue weighted by Crippen LogP contribution is 2.35. The van der Waals surface area contributed by atoms with Crippen LogP contribution in [0.5, 0.6) is 5.75 Å². The van der Waals surface area contributed by atoms with Crippen LogP contribution >= 0.6 is 27.7 Å². The zero-order valence-corrected chi connectivity index (χ0v) is 17.4. The summed E-state index contributed by atoms with van der Waals surface area (Å²) < 4.78 is 25.3. The van der Waals surface area contributed by atoms with E-state index < -0.39 is 0 Å². The van der Waals surface area contributed by atoms with Gasteiger partial charge in [0.15, 0.2) is 0 Å². The molecular formula is C20H17BrFNO4S. The number of thioether (sulfide) groups is 1. The Morgan fingerprint density at radius 1 is 1.21 bits per heavy atom. The van der Waals surface area contributed by atoms with Crippen molar-refractivity contribution in [2.75, 3.05) is 20.3 Å². The summed E-state index contributed by atoms with van der Waals surface area (Å²) in [5.74, 6) is -0.234. The lowest BCUT2D eigenvalue weighted by molar-refractivity contribution is -0.123. The van der Waals surface area contributed by atoms with Gasteiger partial charge in [0.05, 0.1) is 18.1 Å². The summed E-state index contributed by atoms with van der Waals surface area (Å²) in [4.78, 5) is 26.0. The van der Waals surface area contributed by atoms with Crippen LogP contribution in [0.4, 0.5) is 9.18 Å². The summed E-state index contributed by atoms with van der Waals surface area (Å²) in [5.41, 5.74) is 1.04. The minimum absolute atomic E-state index is 0.0461. The van der Waals surface area contributed by atoms with E-state index in [1.54, 1.807) is 42.5 Å². The predicted molar refractivity (Wildman–Crippen MR) is 109 cm³/mol. The van der Waals surface area contributed by atoms with Crippen LogP contribution in [0.1, 0.15) is 11.1 Å². The maximum absolute atomic E-state index is 13.8. The predicted octanol–water partition coefficient (Wildman–Crippen LogP) is 4.85. The highest BCUT2D eigenvalue weighted by molar-refractivity contribution is 9.10. The lowest BCUT2D eigenvalue weighted by atomic mass is 10.1. The van der Waals surface area contributed by atoms with Gasteiger partial charge in [0.2, 0.25) is 0 Å². The molecule has 5 nitrogen and oxygen atoms in total. The van der Waals surface area contributed by atoms with Crippen LogP contribution in [0.25, 0.3) is 6.08 Å². The van der Waals surface area contributed by atoms with Crippen LogP contribution in [0.15, 0.2) is 51.8 Å². The number of hydrogen-bond donors (Lipinski definition) is 0. The van der Waals surface area contributed by atoms with Crippen molar-refractivity contribution in [1.82, 2.24) is 4.90 Å². The summed E-state index contributed by atoms with van der Waals surface area (Å²) in [6.45, 7) is 0.525. The second-order valence-electron chi connectivity index (χ2n) is 5.89. The van der Waals surface area contributed by atoms with E-state index in [2.05, 4.69) is 15.9 Å². The van der Waals surface area contributed by atoms with Gasteiger partial charge in [-0.05, 0) is 42.1 Å². The van der Waals surface area contributed by atoms with Crippen LogP contribution in [0, 0.1) is 5.82 Å². The van der Waals surface area contributed by atoms with Gasteiger partial charge in [0, 0.05) is 22.7 Å². The van der Waals surface area contributed by atoms with Gasteiger partial charge in [-0.25, -0.2) is 4.39 Å². The molecule has 146 valence electrons. The zero-order valence-electron chi connectivity index (χ0n) is 15.0. The van der Waals surface area contributed by atoms with Crippen LogP contribution < -0.4 is 4.74 Å². The van der Waals surface area contributed by atoms with Crippen molar-refractivity contribution in [3.63, 3.8) is 0 Å². The van der Waals surface area contributed by atoms with E-state index in [1.807, 2.05) is 0 Å². The van der Waals surface area contributed by atoms with E-state index in [9.17, 15) is 14.0 Å². The fraction of sp³-hybridized carbons (Fsp3) is 0.200. The molecule has 1 saturated heterocycles. The molecule has 2 amide bonds. The molecule has 28 heavy (non-hydrogen) atoms. The second kappa shape index (κ2) is 9.36. The van der Waals surface area contributed by atoms with Gasteiger partial charge < -0.3 is 9.47 Å². The summed E-state index contributed by atoms with van der Waals surface area (Å²) in [6.07, 6.45) is 1.61. The first-order chi connectivity index (χ1) is 13.5. The molecule has 0 bridgehead atoms. The Balaban J connectivity index is 1.83. The Kier molecular flexibility index (Phi) is 6.88. The number of hydrogen-bond acceptors (Lipinski definition) is 5. The molecule has 2 aromatic rings. The number of carbonyl (C=O) groups excluding carboxylic acids is 2. The van der Waals surface area contributed by atoms with E-state index >= 15 is 0 Å². The zero-order chi connectivity index (χ0) is 20.1. The molecule has 0 aromatic heterocycles. The van der Waals surface area contributed by atoms with E-state index in [0.717, 1.165) is 21.1 Å². The van der Waals surface area contributed by atoms with Crippen molar-refractivity contribution in [1.29, 1.82) is 0 Å². The van der Waals surface area contributed by atoms with Gasteiger partial charge in [-0.2, -0.15) is 0 Å². The third-order valence-corrected chi connectivity index (χ3v) is 5.39. The Labute approximate surface area is 174 Å². The Hall–Kier alpha value is -2.16. The Morgan fingerprint density at radius 3 is 2.75 bits per heavy atom. The quantitative estimate of drug-likeness (QED) is 0.547. The Bertz CT molecular complexity index is 934. The van der Waals surface area contributed by atoms with Crippen molar-refractivity contribution in [2.24, 2.45) is 0 Å². The minimum Gasteiger partial charge on any atom is -0.488 e. The van der Waals surface area contributed by atoms with Gasteiger partial charge in [0.1, 0.15) is 18.2 Å². The van der Waals surface area contributed by atoms with Gasteiger partial charge in [-0.3, -0.25) is 14.5 Å². The molecule has 0 saturated carbocycles. The van der Waals surface area contributed by atoms with Gasteiger partial charge in [-0.15, -0.1) is 0 Å². The number of imide groups is 1. The number of benzene rings is 2. The summed E-state index contributed by atoms with van der Waals surface area (Å²) >= 11 is 4.27. The van der Waals surface area contributed by atoms with Gasteiger partial charge in [-0.1, -0.05) is 34.1 Å². The van der Waals surface area contributed by atoms with Gasteiger partial charge >= 0.3 is 0 Å². The first-order valence-corrected chi connectivity index (χ1v) is 10.0. The topological polar surface area (TPSA) is 55.8 Å². The van der Waals surface area contributed by atoms with E-state index in [0.29, 0.717) is 21.8 Å². The van der Waals surface area contributed by atoms with E-state index in [1.165, 1.54) is 13.2 Å². The number of carbonyl (C=O) groups is 2. The van der Waals surface area contributed by atoms with Crippen molar-refractivity contribution in [3.8, 4) is 5.75 Å². The molecule has 1 heterocycles. The summed E-state index contributed by atoms with van der Waals surface area (Å²) in [7, 11) is 1.51. The molecule has 0 aliphatic carbocycles. The third-order valence-electron chi connectivity index (χ3n) is 3.99. The van der Waals surface area contributed by atoms with Crippen molar-refractivity contribution in [3.05, 3.63) is 68.8 Å². The first-order valence-electron chi connectivity index (χ1n) is 8.39. The fourth-order valence-electron chi connectivity index (χ4n) is 2.55. The second-order valence-corrected chi connectivity index (χ2v) is 7.80. The average Bonchev–Trinajstić information content (AvgIpc) is 2.93. The van der Waals surface area contributed by atoms with Crippen molar-refractivity contribution < 1.29 is 23.5 Å². The number of rotatable bonds is 7. The fourth-order valence-corrected chi connectivity index (χ4v) is 3.79. The monoisotopic (exact) mass is 465 g/mol. The molecule has 2 aromatic carbocycles. The molecule has 8 heteroatoms.